The minimum Gasteiger partial charge on any atom is -0.352 e. The molecule has 4 heterocycles. The molecule has 0 atom stereocenters. The van der Waals surface area contributed by atoms with Gasteiger partial charge in [0.2, 0.25) is 0 Å². The molecule has 2 aliphatic heterocycles. The van der Waals surface area contributed by atoms with Gasteiger partial charge in [-0.1, -0.05) is 0 Å². The average Bonchev–Trinajstić information content (AvgIpc) is 3.07. The molecular formula is C19H25N7. The minimum absolute atomic E-state index is 0.443. The van der Waals surface area contributed by atoms with Gasteiger partial charge in [-0.25, -0.2) is 0 Å². The second-order valence-corrected chi connectivity index (χ2v) is 7.86. The van der Waals surface area contributed by atoms with Crippen LogP contribution in [0.5, 0.6) is 0 Å². The number of likely N-dealkylation sites (N-methyl/N-ethyl adjacent to an activating group) is 2. The van der Waals surface area contributed by atoms with Gasteiger partial charge in [-0.2, -0.15) is 10.2 Å². The van der Waals surface area contributed by atoms with Crippen molar-refractivity contribution in [1.29, 1.82) is 0 Å². The maximum Gasteiger partial charge on any atom is 0.151 e. The Balaban J connectivity index is 1.27. The first-order valence-electron chi connectivity index (χ1n) is 9.54. The van der Waals surface area contributed by atoms with Crippen molar-refractivity contribution in [2.24, 2.45) is 0 Å². The highest BCUT2D eigenvalue weighted by Crippen LogP contribution is 2.28. The SMILES string of the molecule is CN1CCc2nnc(N(C)C3CN(c4cc5c(nn4)CCC5)C3)cc2C1. The molecule has 5 rings (SSSR count). The van der Waals surface area contributed by atoms with E-state index in [2.05, 4.69) is 61.3 Å². The first kappa shape index (κ1) is 15.9. The predicted molar refractivity (Wildman–Crippen MR) is 101 cm³/mol. The summed E-state index contributed by atoms with van der Waals surface area (Å²) in [6.45, 7) is 3.95. The Morgan fingerprint density at radius 1 is 0.962 bits per heavy atom. The van der Waals surface area contributed by atoms with Crippen LogP contribution in [0.3, 0.4) is 0 Å². The van der Waals surface area contributed by atoms with Crippen LogP contribution in [-0.4, -0.2) is 65.1 Å². The molecule has 0 spiro atoms. The summed E-state index contributed by atoms with van der Waals surface area (Å²) in [6.07, 6.45) is 4.44. The number of hydrogen-bond donors (Lipinski definition) is 0. The van der Waals surface area contributed by atoms with E-state index in [9.17, 15) is 0 Å². The maximum atomic E-state index is 4.48. The standard InChI is InChI=1S/C19H25N7/c1-24-7-6-17-14(10-24)9-18(22-21-17)25(2)15-11-26(12-15)19-8-13-4-3-5-16(13)20-23-19/h8-9,15H,3-7,10-12H2,1-2H3. The summed E-state index contributed by atoms with van der Waals surface area (Å²) < 4.78 is 0. The van der Waals surface area contributed by atoms with Gasteiger partial charge in [0.25, 0.3) is 0 Å². The predicted octanol–water partition coefficient (Wildman–Crippen LogP) is 1.07. The van der Waals surface area contributed by atoms with Crippen LogP contribution in [-0.2, 0) is 25.8 Å². The molecule has 0 amide bonds. The second-order valence-electron chi connectivity index (χ2n) is 7.86. The second kappa shape index (κ2) is 6.16. The zero-order valence-corrected chi connectivity index (χ0v) is 15.5. The van der Waals surface area contributed by atoms with Crippen molar-refractivity contribution in [3.63, 3.8) is 0 Å². The summed E-state index contributed by atoms with van der Waals surface area (Å²) in [5, 5.41) is 17.8. The van der Waals surface area contributed by atoms with E-state index in [1.165, 1.54) is 23.2 Å². The summed E-state index contributed by atoms with van der Waals surface area (Å²) in [6, 6.07) is 4.90. The quantitative estimate of drug-likeness (QED) is 0.820. The largest absolute Gasteiger partial charge is 0.352 e. The normalized spacial score (nSPS) is 19.8. The molecule has 136 valence electrons. The van der Waals surface area contributed by atoms with Gasteiger partial charge in [-0.15, -0.1) is 10.2 Å². The lowest BCUT2D eigenvalue weighted by Gasteiger charge is -2.45. The van der Waals surface area contributed by atoms with E-state index in [4.69, 9.17) is 0 Å². The first-order valence-corrected chi connectivity index (χ1v) is 9.54. The Labute approximate surface area is 154 Å². The number of anilines is 2. The highest BCUT2D eigenvalue weighted by atomic mass is 15.4. The molecule has 7 heteroatoms. The third-order valence-electron chi connectivity index (χ3n) is 6.02. The Hall–Kier alpha value is -2.28. The molecule has 1 aliphatic carbocycles. The van der Waals surface area contributed by atoms with E-state index >= 15 is 0 Å². The molecule has 0 radical (unpaired) electrons. The first-order chi connectivity index (χ1) is 12.7. The molecule has 2 aromatic heterocycles. The van der Waals surface area contributed by atoms with Gasteiger partial charge < -0.3 is 14.7 Å². The highest BCUT2D eigenvalue weighted by Gasteiger charge is 2.33. The van der Waals surface area contributed by atoms with Crippen molar-refractivity contribution in [2.75, 3.05) is 43.5 Å². The van der Waals surface area contributed by atoms with Crippen LogP contribution in [0, 0.1) is 0 Å². The molecule has 26 heavy (non-hydrogen) atoms. The van der Waals surface area contributed by atoms with E-state index in [1.807, 2.05) is 0 Å². The Morgan fingerprint density at radius 2 is 1.77 bits per heavy atom. The van der Waals surface area contributed by atoms with Gasteiger partial charge in [0.1, 0.15) is 0 Å². The zero-order chi connectivity index (χ0) is 17.7. The van der Waals surface area contributed by atoms with Crippen molar-refractivity contribution >= 4 is 11.6 Å². The molecule has 0 saturated carbocycles. The van der Waals surface area contributed by atoms with E-state index in [1.54, 1.807) is 0 Å². The Bertz CT molecular complexity index is 831. The van der Waals surface area contributed by atoms with Gasteiger partial charge in [0.05, 0.1) is 17.4 Å². The van der Waals surface area contributed by atoms with Crippen LogP contribution in [0.25, 0.3) is 0 Å². The number of fused-ring (bicyclic) bond motifs is 2. The fourth-order valence-electron chi connectivity index (χ4n) is 4.18. The number of aryl methyl sites for hydroxylation is 2. The molecule has 0 aromatic carbocycles. The van der Waals surface area contributed by atoms with Gasteiger partial charge in [-0.05, 0) is 49.6 Å². The van der Waals surface area contributed by atoms with Crippen LogP contribution in [0.15, 0.2) is 12.1 Å². The smallest absolute Gasteiger partial charge is 0.151 e. The molecule has 3 aliphatic rings. The summed E-state index contributed by atoms with van der Waals surface area (Å²) in [4.78, 5) is 6.91. The lowest BCUT2D eigenvalue weighted by atomic mass is 10.1. The van der Waals surface area contributed by atoms with Crippen molar-refractivity contribution in [3.05, 3.63) is 34.6 Å². The summed E-state index contributed by atoms with van der Waals surface area (Å²) in [7, 11) is 4.29. The van der Waals surface area contributed by atoms with Crippen LogP contribution >= 0.6 is 0 Å². The Kier molecular flexibility index (Phi) is 3.77. The lowest BCUT2D eigenvalue weighted by Crippen LogP contribution is -2.59. The van der Waals surface area contributed by atoms with Crippen molar-refractivity contribution < 1.29 is 0 Å². The van der Waals surface area contributed by atoms with Crippen molar-refractivity contribution in [3.8, 4) is 0 Å². The fourth-order valence-corrected chi connectivity index (χ4v) is 4.18. The molecule has 1 fully saturated rings. The summed E-state index contributed by atoms with van der Waals surface area (Å²) in [5.74, 6) is 2.00. The van der Waals surface area contributed by atoms with Gasteiger partial charge in [0, 0.05) is 39.6 Å². The number of hydrogen-bond acceptors (Lipinski definition) is 7. The number of rotatable bonds is 3. The molecule has 2 aromatic rings. The van der Waals surface area contributed by atoms with Crippen molar-refractivity contribution in [2.45, 2.75) is 38.3 Å². The molecule has 7 nitrogen and oxygen atoms in total. The zero-order valence-electron chi connectivity index (χ0n) is 15.5. The summed E-state index contributed by atoms with van der Waals surface area (Å²) >= 11 is 0. The monoisotopic (exact) mass is 351 g/mol. The minimum atomic E-state index is 0.443. The molecule has 1 saturated heterocycles. The fraction of sp³-hybridized carbons (Fsp3) is 0.579. The van der Waals surface area contributed by atoms with Crippen LogP contribution in [0.1, 0.15) is 28.9 Å². The topological polar surface area (TPSA) is 61.3 Å². The Morgan fingerprint density at radius 3 is 2.65 bits per heavy atom. The van der Waals surface area contributed by atoms with Crippen molar-refractivity contribution in [1.82, 2.24) is 25.3 Å². The van der Waals surface area contributed by atoms with E-state index in [0.717, 1.165) is 62.8 Å². The average molecular weight is 351 g/mol. The maximum absolute atomic E-state index is 4.48. The molecule has 0 unspecified atom stereocenters. The van der Waals surface area contributed by atoms with Crippen LogP contribution < -0.4 is 9.80 Å². The van der Waals surface area contributed by atoms with Crippen LogP contribution in [0.4, 0.5) is 11.6 Å². The number of aromatic nitrogens is 4. The van der Waals surface area contributed by atoms with Gasteiger partial charge >= 0.3 is 0 Å². The van der Waals surface area contributed by atoms with Gasteiger partial charge in [0.15, 0.2) is 11.6 Å². The molecular weight excluding hydrogens is 326 g/mol. The van der Waals surface area contributed by atoms with Gasteiger partial charge in [-0.3, -0.25) is 0 Å². The molecule has 0 N–H and O–H groups in total. The lowest BCUT2D eigenvalue weighted by molar-refractivity contribution is 0.308. The third-order valence-corrected chi connectivity index (χ3v) is 6.02. The molecule has 0 bridgehead atoms. The number of nitrogens with zero attached hydrogens (tertiary/aromatic N) is 7. The summed E-state index contributed by atoms with van der Waals surface area (Å²) in [5.41, 5.74) is 5.05. The third kappa shape index (κ3) is 2.70. The van der Waals surface area contributed by atoms with E-state index in [-0.39, 0.29) is 0 Å². The van der Waals surface area contributed by atoms with Crippen LogP contribution in [0.2, 0.25) is 0 Å². The van der Waals surface area contributed by atoms with E-state index in [0.29, 0.717) is 6.04 Å². The highest BCUT2D eigenvalue weighted by molar-refractivity contribution is 5.50. The van der Waals surface area contributed by atoms with E-state index < -0.39 is 0 Å².